The van der Waals surface area contributed by atoms with E-state index in [1.54, 1.807) is 0 Å². The van der Waals surface area contributed by atoms with Crippen LogP contribution in [0.1, 0.15) is 5.56 Å². The Morgan fingerprint density at radius 2 is 1.55 bits per heavy atom. The SMILES string of the molecule is CN(c1cccn(O)c1=O)S(=O)c1ccc(Oc2ccc(C(F)(F)F)cc2)cc1. The normalized spacial score (nSPS) is 12.4. The van der Waals surface area contributed by atoms with E-state index in [1.807, 2.05) is 0 Å². The largest absolute Gasteiger partial charge is 0.457 e. The third-order valence-electron chi connectivity index (χ3n) is 3.94. The zero-order valence-corrected chi connectivity index (χ0v) is 15.8. The molecule has 0 aliphatic carbocycles. The Balaban J connectivity index is 1.73. The standard InChI is InChI=1S/C19H15F3N2O4S/c1-23(17-3-2-12-24(26)18(17)25)29(27)16-10-8-15(9-11-16)28-14-6-4-13(5-7-14)19(20,21)22/h2-12,26H,1H3. The van der Waals surface area contributed by atoms with E-state index >= 15 is 0 Å². The number of alkyl halides is 3. The Labute approximate surface area is 165 Å². The number of ether oxygens (including phenoxy) is 1. The number of halogens is 3. The fraction of sp³-hybridized carbons (Fsp3) is 0.105. The second-order valence-electron chi connectivity index (χ2n) is 5.89. The van der Waals surface area contributed by atoms with E-state index < -0.39 is 28.3 Å². The van der Waals surface area contributed by atoms with Gasteiger partial charge in [-0.25, -0.2) is 4.21 Å². The minimum atomic E-state index is -4.42. The first-order chi connectivity index (χ1) is 13.7. The monoisotopic (exact) mass is 424 g/mol. The second-order valence-corrected chi connectivity index (χ2v) is 7.40. The van der Waals surface area contributed by atoms with Gasteiger partial charge in [0.2, 0.25) is 0 Å². The second kappa shape index (κ2) is 8.00. The summed E-state index contributed by atoms with van der Waals surface area (Å²) in [7, 11) is -0.293. The summed E-state index contributed by atoms with van der Waals surface area (Å²) >= 11 is 0. The molecule has 1 atom stereocenters. The van der Waals surface area contributed by atoms with E-state index in [4.69, 9.17) is 4.74 Å². The molecule has 0 aliphatic heterocycles. The highest BCUT2D eigenvalue weighted by Gasteiger charge is 2.30. The third-order valence-corrected chi connectivity index (χ3v) is 5.31. The Morgan fingerprint density at radius 1 is 1.00 bits per heavy atom. The van der Waals surface area contributed by atoms with Gasteiger partial charge in [-0.05, 0) is 60.7 Å². The van der Waals surface area contributed by atoms with Crippen molar-refractivity contribution in [1.82, 2.24) is 4.73 Å². The number of hydrogen-bond donors (Lipinski definition) is 1. The molecule has 10 heteroatoms. The molecule has 1 N–H and O–H groups in total. The van der Waals surface area contributed by atoms with E-state index in [9.17, 15) is 27.4 Å². The van der Waals surface area contributed by atoms with E-state index in [0.717, 1.165) is 18.3 Å². The lowest BCUT2D eigenvalue weighted by molar-refractivity contribution is -0.137. The third kappa shape index (κ3) is 4.60. The van der Waals surface area contributed by atoms with Gasteiger partial charge in [0, 0.05) is 13.2 Å². The van der Waals surface area contributed by atoms with Crippen molar-refractivity contribution in [2.45, 2.75) is 11.1 Å². The van der Waals surface area contributed by atoms with Gasteiger partial charge in [-0.15, -0.1) is 0 Å². The zero-order valence-electron chi connectivity index (χ0n) is 15.0. The topological polar surface area (TPSA) is 71.8 Å². The molecule has 0 bridgehead atoms. The summed E-state index contributed by atoms with van der Waals surface area (Å²) in [6.07, 6.45) is -3.26. The molecule has 152 valence electrons. The van der Waals surface area contributed by atoms with Crippen LogP contribution in [0.15, 0.2) is 76.6 Å². The van der Waals surface area contributed by atoms with Crippen molar-refractivity contribution in [1.29, 1.82) is 0 Å². The number of nitrogens with zero attached hydrogens (tertiary/aromatic N) is 2. The molecule has 0 aliphatic rings. The van der Waals surface area contributed by atoms with Crippen LogP contribution in [0.5, 0.6) is 11.5 Å². The van der Waals surface area contributed by atoms with Gasteiger partial charge in [-0.3, -0.25) is 9.10 Å². The maximum Gasteiger partial charge on any atom is 0.416 e. The van der Waals surface area contributed by atoms with Crippen LogP contribution in [-0.2, 0) is 17.2 Å². The van der Waals surface area contributed by atoms with Gasteiger partial charge in [-0.1, -0.05) is 0 Å². The fourth-order valence-electron chi connectivity index (χ4n) is 2.43. The molecule has 0 spiro atoms. The Kier molecular flexibility index (Phi) is 5.64. The predicted octanol–water partition coefficient (Wildman–Crippen LogP) is 4.06. The van der Waals surface area contributed by atoms with Crippen molar-refractivity contribution in [2.75, 3.05) is 11.4 Å². The average Bonchev–Trinajstić information content (AvgIpc) is 2.69. The van der Waals surface area contributed by atoms with Crippen LogP contribution in [0.25, 0.3) is 0 Å². The van der Waals surface area contributed by atoms with Crippen LogP contribution in [-0.4, -0.2) is 21.2 Å². The number of rotatable bonds is 5. The van der Waals surface area contributed by atoms with Gasteiger partial charge in [0.1, 0.15) is 17.2 Å². The summed E-state index contributed by atoms with van der Waals surface area (Å²) in [5.74, 6) is 0.558. The van der Waals surface area contributed by atoms with Crippen LogP contribution in [0.3, 0.4) is 0 Å². The first-order valence-corrected chi connectivity index (χ1v) is 9.29. The van der Waals surface area contributed by atoms with Crippen LogP contribution < -0.4 is 14.6 Å². The van der Waals surface area contributed by atoms with Crippen LogP contribution >= 0.6 is 0 Å². The molecule has 29 heavy (non-hydrogen) atoms. The van der Waals surface area contributed by atoms with Gasteiger partial charge in [0.15, 0.2) is 11.0 Å². The first-order valence-electron chi connectivity index (χ1n) is 8.18. The van der Waals surface area contributed by atoms with Crippen molar-refractivity contribution in [3.63, 3.8) is 0 Å². The molecule has 0 saturated heterocycles. The van der Waals surface area contributed by atoms with E-state index in [2.05, 4.69) is 0 Å². The molecular formula is C19H15F3N2O4S. The van der Waals surface area contributed by atoms with Gasteiger partial charge in [0.25, 0.3) is 0 Å². The summed E-state index contributed by atoms with van der Waals surface area (Å²) in [5, 5.41) is 9.44. The number of pyridine rings is 1. The van der Waals surface area contributed by atoms with Gasteiger partial charge in [0.05, 0.1) is 10.5 Å². The molecule has 0 saturated carbocycles. The molecule has 3 rings (SSSR count). The van der Waals surface area contributed by atoms with E-state index in [-0.39, 0.29) is 11.4 Å². The molecule has 1 heterocycles. The predicted molar refractivity (Wildman–Crippen MR) is 101 cm³/mol. The highest BCUT2D eigenvalue weighted by Crippen LogP contribution is 2.31. The number of hydrogen-bond acceptors (Lipinski definition) is 4. The van der Waals surface area contributed by atoms with Crippen molar-refractivity contribution in [2.24, 2.45) is 0 Å². The molecular weight excluding hydrogens is 409 g/mol. The minimum absolute atomic E-state index is 0.0402. The number of anilines is 1. The maximum atomic E-state index is 12.7. The Hall–Kier alpha value is -3.27. The van der Waals surface area contributed by atoms with Crippen molar-refractivity contribution < 1.29 is 27.3 Å². The molecule has 2 aromatic carbocycles. The molecule has 1 unspecified atom stereocenters. The Bertz CT molecular complexity index is 1080. The smallest absolute Gasteiger partial charge is 0.416 e. The first kappa shape index (κ1) is 20.5. The highest BCUT2D eigenvalue weighted by molar-refractivity contribution is 7.86. The summed E-state index contributed by atoms with van der Waals surface area (Å²) in [4.78, 5) is 12.3. The minimum Gasteiger partial charge on any atom is -0.457 e. The lowest BCUT2D eigenvalue weighted by Crippen LogP contribution is -2.29. The van der Waals surface area contributed by atoms with Crippen LogP contribution in [0, 0.1) is 0 Å². The number of benzene rings is 2. The highest BCUT2D eigenvalue weighted by atomic mass is 32.2. The average molecular weight is 424 g/mol. The lowest BCUT2D eigenvalue weighted by atomic mass is 10.2. The zero-order chi connectivity index (χ0) is 21.2. The van der Waals surface area contributed by atoms with Crippen molar-refractivity contribution in [3.8, 4) is 11.5 Å². The molecule has 1 aromatic heterocycles. The van der Waals surface area contributed by atoms with Crippen LogP contribution in [0.2, 0.25) is 0 Å². The quantitative estimate of drug-likeness (QED) is 0.627. The van der Waals surface area contributed by atoms with Gasteiger partial charge < -0.3 is 9.94 Å². The van der Waals surface area contributed by atoms with Crippen molar-refractivity contribution >= 4 is 16.7 Å². The molecule has 0 radical (unpaired) electrons. The summed E-state index contributed by atoms with van der Waals surface area (Å²) < 4.78 is 57.5. The summed E-state index contributed by atoms with van der Waals surface area (Å²) in [6.45, 7) is 0. The van der Waals surface area contributed by atoms with Gasteiger partial charge >= 0.3 is 11.7 Å². The number of aromatic nitrogens is 1. The van der Waals surface area contributed by atoms with E-state index in [1.165, 1.54) is 59.9 Å². The molecule has 0 fully saturated rings. The summed E-state index contributed by atoms with van der Waals surface area (Å²) in [5.41, 5.74) is -1.45. The Morgan fingerprint density at radius 3 is 2.10 bits per heavy atom. The maximum absolute atomic E-state index is 12.7. The fourth-order valence-corrected chi connectivity index (χ4v) is 3.43. The molecule has 6 nitrogen and oxygen atoms in total. The van der Waals surface area contributed by atoms with Gasteiger partial charge in [-0.2, -0.15) is 17.9 Å². The molecule has 0 amide bonds. The lowest BCUT2D eigenvalue weighted by Gasteiger charge is -2.17. The summed E-state index contributed by atoms with van der Waals surface area (Å²) in [6, 6.07) is 13.1. The van der Waals surface area contributed by atoms with Crippen LogP contribution in [0.4, 0.5) is 18.9 Å². The van der Waals surface area contributed by atoms with E-state index in [0.29, 0.717) is 15.4 Å². The van der Waals surface area contributed by atoms with Crippen molar-refractivity contribution in [3.05, 3.63) is 82.8 Å². The molecule has 3 aromatic rings.